The van der Waals surface area contributed by atoms with E-state index >= 15 is 0 Å². The predicted molar refractivity (Wildman–Crippen MR) is 128 cm³/mol. The monoisotopic (exact) mass is 533 g/mol. The lowest BCUT2D eigenvalue weighted by Gasteiger charge is -2.25. The molecule has 0 bridgehead atoms. The van der Waals surface area contributed by atoms with Gasteiger partial charge in [0.15, 0.2) is 11.3 Å². The number of nitrogens with two attached hydrogens (primary N) is 2. The number of anilines is 1. The van der Waals surface area contributed by atoms with Crippen molar-refractivity contribution in [1.29, 1.82) is 5.41 Å². The standard InChI is InChI=1S/C19H25Cl2N7O5S/c1-11(29)19(24,17(30)31)4-3-5-27(18(22)23)34(32,33)28-10-16(26-12(28)2)25-9-13-6-14(20)8-15(21)7-13/h6-8,10,25H,3-5,9,24H2,1-2H3,(H3,22,23)(H,30,31). The molecular formula is C19H25Cl2N7O5S. The van der Waals surface area contributed by atoms with Crippen LogP contribution in [0.25, 0.3) is 0 Å². The molecule has 0 aliphatic rings. The number of imidazole rings is 1. The van der Waals surface area contributed by atoms with Crippen LogP contribution in [0.15, 0.2) is 24.4 Å². The minimum atomic E-state index is -4.38. The minimum Gasteiger partial charge on any atom is -0.480 e. The first kappa shape index (κ1) is 27.4. The molecule has 1 atom stereocenters. The Bertz CT molecular complexity index is 1180. The van der Waals surface area contributed by atoms with Crippen LogP contribution in [0.1, 0.15) is 31.2 Å². The smallest absolute Gasteiger partial charge is 0.333 e. The second kappa shape index (κ2) is 10.6. The Labute approximate surface area is 206 Å². The summed E-state index contributed by atoms with van der Waals surface area (Å²) in [5.74, 6) is -2.79. The number of hydrogen-bond acceptors (Lipinski definition) is 8. The molecule has 34 heavy (non-hydrogen) atoms. The summed E-state index contributed by atoms with van der Waals surface area (Å²) < 4.78 is 27.7. The number of benzene rings is 1. The average Bonchev–Trinajstić information content (AvgIpc) is 3.09. The number of Topliss-reactive ketones (excluding diaryl/α,β-unsaturated/α-hetero) is 1. The zero-order valence-corrected chi connectivity index (χ0v) is 20.7. The van der Waals surface area contributed by atoms with E-state index in [1.54, 1.807) is 18.2 Å². The number of halogens is 2. The molecule has 1 unspecified atom stereocenters. The van der Waals surface area contributed by atoms with Crippen molar-refractivity contribution in [3.63, 3.8) is 0 Å². The second-order valence-corrected chi connectivity index (χ2v) is 10.1. The number of hydrogen-bond donors (Lipinski definition) is 5. The number of carboxylic acid groups (broad SMARTS) is 1. The number of rotatable bonds is 11. The van der Waals surface area contributed by atoms with E-state index in [0.29, 0.717) is 14.4 Å². The van der Waals surface area contributed by atoms with E-state index in [9.17, 15) is 23.1 Å². The summed E-state index contributed by atoms with van der Waals surface area (Å²) >= 11 is 12.0. The summed E-state index contributed by atoms with van der Waals surface area (Å²) in [6, 6.07) is 4.96. The number of carbonyl (C=O) groups excluding carboxylic acids is 1. The Hall–Kier alpha value is -2.87. The van der Waals surface area contributed by atoms with Crippen molar-refractivity contribution in [3.05, 3.63) is 45.8 Å². The molecule has 2 rings (SSSR count). The highest BCUT2D eigenvalue weighted by atomic mass is 35.5. The van der Waals surface area contributed by atoms with E-state index in [-0.39, 0.29) is 37.6 Å². The third-order valence-corrected chi connectivity index (χ3v) is 7.21. The average molecular weight is 534 g/mol. The first-order valence-corrected chi connectivity index (χ1v) is 12.0. The highest BCUT2D eigenvalue weighted by molar-refractivity contribution is 7.88. The van der Waals surface area contributed by atoms with E-state index in [0.717, 1.165) is 16.5 Å². The van der Waals surface area contributed by atoms with Gasteiger partial charge in [-0.25, -0.2) is 18.1 Å². The minimum absolute atomic E-state index is 0.0836. The van der Waals surface area contributed by atoms with Gasteiger partial charge in [0.05, 0.1) is 6.20 Å². The zero-order chi connectivity index (χ0) is 25.8. The van der Waals surface area contributed by atoms with Crippen molar-refractivity contribution >= 4 is 56.9 Å². The largest absolute Gasteiger partial charge is 0.480 e. The zero-order valence-electron chi connectivity index (χ0n) is 18.4. The van der Waals surface area contributed by atoms with Crippen LogP contribution >= 0.6 is 23.2 Å². The van der Waals surface area contributed by atoms with Crippen molar-refractivity contribution in [2.75, 3.05) is 11.9 Å². The van der Waals surface area contributed by atoms with E-state index in [2.05, 4.69) is 10.3 Å². The predicted octanol–water partition coefficient (Wildman–Crippen LogP) is 1.55. The van der Waals surface area contributed by atoms with Gasteiger partial charge in [-0.1, -0.05) is 23.2 Å². The molecule has 0 saturated carbocycles. The van der Waals surface area contributed by atoms with E-state index in [4.69, 9.17) is 40.1 Å². The fourth-order valence-electron chi connectivity index (χ4n) is 3.08. The fourth-order valence-corrected chi connectivity index (χ4v) is 5.08. The van der Waals surface area contributed by atoms with Gasteiger partial charge in [0.2, 0.25) is 5.96 Å². The van der Waals surface area contributed by atoms with Crippen LogP contribution in [0.5, 0.6) is 0 Å². The molecule has 0 amide bonds. The lowest BCUT2D eigenvalue weighted by molar-refractivity contribution is -0.148. The Morgan fingerprint density at radius 1 is 1.29 bits per heavy atom. The lowest BCUT2D eigenvalue weighted by atomic mass is 9.90. The SMILES string of the molecule is CC(=O)C(N)(CCCN(C(=N)N)S(=O)(=O)n1cc(NCc2cc(Cl)cc(Cl)c2)nc1C)C(=O)O. The van der Waals surface area contributed by atoms with Crippen LogP contribution in [0.4, 0.5) is 5.82 Å². The van der Waals surface area contributed by atoms with Gasteiger partial charge in [0.25, 0.3) is 0 Å². The number of carboxylic acids is 1. The molecule has 0 saturated heterocycles. The fraction of sp³-hybridized carbons (Fsp3) is 0.368. The lowest BCUT2D eigenvalue weighted by Crippen LogP contribution is -2.54. The Morgan fingerprint density at radius 2 is 1.88 bits per heavy atom. The summed E-state index contributed by atoms with van der Waals surface area (Å²) in [5, 5.41) is 20.8. The normalized spacial score (nSPS) is 13.2. The maximum atomic E-state index is 13.1. The number of aromatic nitrogens is 2. The molecule has 1 aromatic carbocycles. The quantitative estimate of drug-likeness (QED) is 0.161. The Morgan fingerprint density at radius 3 is 2.38 bits per heavy atom. The molecule has 0 aliphatic carbocycles. The van der Waals surface area contributed by atoms with Gasteiger partial charge in [0.1, 0.15) is 11.6 Å². The maximum Gasteiger partial charge on any atom is 0.333 e. The van der Waals surface area contributed by atoms with Crippen molar-refractivity contribution < 1.29 is 23.1 Å². The molecule has 1 aromatic heterocycles. The van der Waals surface area contributed by atoms with E-state index in [1.807, 2.05) is 0 Å². The number of guanidine groups is 1. The van der Waals surface area contributed by atoms with Crippen LogP contribution in [-0.4, -0.2) is 56.6 Å². The third kappa shape index (κ3) is 6.17. The van der Waals surface area contributed by atoms with Crippen LogP contribution in [0.3, 0.4) is 0 Å². The van der Waals surface area contributed by atoms with Crippen LogP contribution < -0.4 is 16.8 Å². The molecule has 0 spiro atoms. The van der Waals surface area contributed by atoms with Crippen molar-refractivity contribution in [3.8, 4) is 0 Å². The topological polar surface area (TPSA) is 197 Å². The molecule has 186 valence electrons. The number of nitrogens with one attached hydrogen (secondary N) is 2. The van der Waals surface area contributed by atoms with Crippen molar-refractivity contribution in [2.45, 2.75) is 38.8 Å². The summed E-state index contributed by atoms with van der Waals surface area (Å²) in [6.45, 7) is 2.36. The van der Waals surface area contributed by atoms with Gasteiger partial charge >= 0.3 is 16.2 Å². The molecule has 7 N–H and O–H groups in total. The summed E-state index contributed by atoms with van der Waals surface area (Å²) in [6.07, 6.45) is 0.719. The van der Waals surface area contributed by atoms with Crippen molar-refractivity contribution in [2.24, 2.45) is 11.5 Å². The first-order chi connectivity index (χ1) is 15.7. The van der Waals surface area contributed by atoms with Gasteiger partial charge in [-0.3, -0.25) is 10.2 Å². The van der Waals surface area contributed by atoms with E-state index in [1.165, 1.54) is 13.1 Å². The Balaban J connectivity index is 2.20. The molecule has 0 aliphatic heterocycles. The molecule has 12 nitrogen and oxygen atoms in total. The molecule has 0 radical (unpaired) electrons. The highest BCUT2D eigenvalue weighted by Gasteiger charge is 2.39. The maximum absolute atomic E-state index is 13.1. The Kier molecular flexibility index (Phi) is 8.53. The summed E-state index contributed by atoms with van der Waals surface area (Å²) in [7, 11) is -4.38. The van der Waals surface area contributed by atoms with Gasteiger partial charge in [-0.2, -0.15) is 8.42 Å². The molecular weight excluding hydrogens is 509 g/mol. The third-order valence-electron chi connectivity index (χ3n) is 4.97. The second-order valence-electron chi connectivity index (χ2n) is 7.50. The number of aryl methyl sites for hydroxylation is 1. The van der Waals surface area contributed by atoms with Gasteiger partial charge in [-0.15, -0.1) is 0 Å². The highest BCUT2D eigenvalue weighted by Crippen LogP contribution is 2.21. The van der Waals surface area contributed by atoms with Crippen molar-refractivity contribution in [1.82, 2.24) is 13.3 Å². The van der Waals surface area contributed by atoms with Crippen LogP contribution in [0, 0.1) is 12.3 Å². The number of carbonyl (C=O) groups is 2. The number of nitrogens with zero attached hydrogens (tertiary/aromatic N) is 3. The van der Waals surface area contributed by atoms with Gasteiger partial charge in [-0.05, 0) is 50.5 Å². The van der Waals surface area contributed by atoms with Crippen LogP contribution in [0.2, 0.25) is 10.0 Å². The first-order valence-electron chi connectivity index (χ1n) is 9.84. The number of aliphatic carboxylic acids is 1. The molecule has 1 heterocycles. The summed E-state index contributed by atoms with van der Waals surface area (Å²) in [5.41, 5.74) is 9.72. The van der Waals surface area contributed by atoms with Gasteiger partial charge in [0, 0.05) is 23.1 Å². The number of ketones is 1. The molecule has 15 heteroatoms. The van der Waals surface area contributed by atoms with Gasteiger partial charge < -0.3 is 21.9 Å². The molecule has 0 fully saturated rings. The van der Waals surface area contributed by atoms with Crippen LogP contribution in [-0.2, 0) is 26.3 Å². The summed E-state index contributed by atoms with van der Waals surface area (Å²) in [4.78, 5) is 27.2. The molecule has 2 aromatic rings. The van der Waals surface area contributed by atoms with E-state index < -0.39 is 33.5 Å².